The van der Waals surface area contributed by atoms with Gasteiger partial charge in [0.05, 0.1) is 24.0 Å². The molecule has 2 aromatic heterocycles. The fourth-order valence-corrected chi connectivity index (χ4v) is 4.04. The van der Waals surface area contributed by atoms with Crippen LogP contribution < -0.4 is 0 Å². The summed E-state index contributed by atoms with van der Waals surface area (Å²) in [6, 6.07) is 13.4. The van der Waals surface area contributed by atoms with Gasteiger partial charge >= 0.3 is 0 Å². The van der Waals surface area contributed by atoms with Crippen LogP contribution in [0, 0.1) is 5.82 Å². The van der Waals surface area contributed by atoms with Crippen molar-refractivity contribution >= 4 is 10.9 Å². The molecular weight excluding hydrogens is 367 g/mol. The minimum absolute atomic E-state index is 0.252. The Bertz CT molecular complexity index is 1130. The van der Waals surface area contributed by atoms with E-state index in [0.29, 0.717) is 18.5 Å². The highest BCUT2D eigenvalue weighted by Crippen LogP contribution is 2.23. The van der Waals surface area contributed by atoms with E-state index in [1.54, 1.807) is 18.5 Å². The van der Waals surface area contributed by atoms with Crippen LogP contribution in [0.2, 0.25) is 0 Å². The van der Waals surface area contributed by atoms with E-state index < -0.39 is 0 Å². The van der Waals surface area contributed by atoms with Gasteiger partial charge in [-0.15, -0.1) is 0 Å². The van der Waals surface area contributed by atoms with Gasteiger partial charge in [-0.05, 0) is 62.2 Å². The zero-order chi connectivity index (χ0) is 19.8. The Morgan fingerprint density at radius 1 is 1.14 bits per heavy atom. The summed E-state index contributed by atoms with van der Waals surface area (Å²) in [7, 11) is 0. The van der Waals surface area contributed by atoms with Crippen molar-refractivity contribution in [3.8, 4) is 11.5 Å². The molecule has 5 nitrogen and oxygen atoms in total. The van der Waals surface area contributed by atoms with E-state index in [1.165, 1.54) is 25.0 Å². The zero-order valence-electron chi connectivity index (χ0n) is 16.4. The van der Waals surface area contributed by atoms with Gasteiger partial charge in [0.1, 0.15) is 12.1 Å². The van der Waals surface area contributed by atoms with Crippen LogP contribution in [0.4, 0.5) is 4.39 Å². The van der Waals surface area contributed by atoms with Crippen LogP contribution in [0.25, 0.3) is 22.4 Å². The molecule has 2 aromatic carbocycles. The Labute approximate surface area is 168 Å². The van der Waals surface area contributed by atoms with Crippen molar-refractivity contribution in [3.05, 3.63) is 72.0 Å². The van der Waals surface area contributed by atoms with Gasteiger partial charge in [0.15, 0.2) is 0 Å². The lowest BCUT2D eigenvalue weighted by atomic mass is 10.1. The third kappa shape index (κ3) is 3.68. The molecule has 0 radical (unpaired) electrons. The summed E-state index contributed by atoms with van der Waals surface area (Å²) >= 11 is 0. The minimum Gasteiger partial charge on any atom is -0.444 e. The van der Waals surface area contributed by atoms with Gasteiger partial charge in [0, 0.05) is 23.5 Å². The highest BCUT2D eigenvalue weighted by molar-refractivity contribution is 5.78. The highest BCUT2D eigenvalue weighted by Gasteiger charge is 2.21. The quantitative estimate of drug-likeness (QED) is 0.488. The molecule has 1 fully saturated rings. The summed E-state index contributed by atoms with van der Waals surface area (Å²) in [5.74, 6) is 0.391. The third-order valence-electron chi connectivity index (χ3n) is 5.75. The van der Waals surface area contributed by atoms with Crippen molar-refractivity contribution < 1.29 is 8.81 Å². The summed E-state index contributed by atoms with van der Waals surface area (Å²) in [5.41, 5.74) is 3.80. The number of rotatable bonds is 5. The van der Waals surface area contributed by atoms with E-state index in [2.05, 4.69) is 21.9 Å². The summed E-state index contributed by atoms with van der Waals surface area (Å²) in [4.78, 5) is 7.11. The van der Waals surface area contributed by atoms with Crippen molar-refractivity contribution in [3.63, 3.8) is 0 Å². The largest absolute Gasteiger partial charge is 0.444 e. The van der Waals surface area contributed by atoms with Gasteiger partial charge in [-0.25, -0.2) is 9.37 Å². The van der Waals surface area contributed by atoms with Crippen molar-refractivity contribution in [1.82, 2.24) is 19.7 Å². The molecule has 1 aliphatic heterocycles. The number of likely N-dealkylation sites (tertiary alicyclic amines) is 1. The predicted octanol–water partition coefficient (Wildman–Crippen LogP) is 4.86. The molecule has 1 atom stereocenters. The van der Waals surface area contributed by atoms with E-state index in [-0.39, 0.29) is 5.82 Å². The maximum Gasteiger partial charge on any atom is 0.226 e. The number of hydrogen-bond acceptors (Lipinski definition) is 4. The van der Waals surface area contributed by atoms with E-state index >= 15 is 0 Å². The lowest BCUT2D eigenvalue weighted by molar-refractivity contribution is 0.257. The maximum atomic E-state index is 13.6. The Morgan fingerprint density at radius 2 is 2.00 bits per heavy atom. The van der Waals surface area contributed by atoms with Gasteiger partial charge in [-0.3, -0.25) is 9.58 Å². The first-order chi connectivity index (χ1) is 14.2. The van der Waals surface area contributed by atoms with Crippen LogP contribution in [0.15, 0.2) is 59.3 Å². The molecule has 1 aliphatic rings. The topological polar surface area (TPSA) is 47.1 Å². The van der Waals surface area contributed by atoms with Gasteiger partial charge < -0.3 is 4.42 Å². The van der Waals surface area contributed by atoms with E-state index in [9.17, 15) is 4.39 Å². The molecule has 0 unspecified atom stereocenters. The Balaban J connectivity index is 1.30. The molecule has 0 saturated carbocycles. The molecule has 0 N–H and O–H groups in total. The molecule has 5 rings (SSSR count). The standard InChI is InChI=1S/C23H23FN4O/c1-16-3-2-10-27(16)14-21-15-29-23(26-21)18-6-4-17(5-7-18)13-28-22-11-20(24)9-8-19(22)12-25-28/h4-9,11-12,15-16H,2-3,10,13-14H2,1H3/t16-/m1/s1. The number of halogens is 1. The molecule has 148 valence electrons. The minimum atomic E-state index is -0.252. The number of oxazole rings is 1. The SMILES string of the molecule is C[C@@H]1CCCN1Cc1coc(-c2ccc(Cn3ncc4ccc(F)cc43)cc2)n1. The number of hydrogen-bond donors (Lipinski definition) is 0. The van der Waals surface area contributed by atoms with E-state index in [1.807, 2.05) is 28.9 Å². The Hall–Kier alpha value is -2.99. The Kier molecular flexibility index (Phi) is 4.64. The van der Waals surface area contributed by atoms with Gasteiger partial charge in [0.2, 0.25) is 5.89 Å². The molecule has 29 heavy (non-hydrogen) atoms. The molecule has 1 saturated heterocycles. The summed E-state index contributed by atoms with van der Waals surface area (Å²) in [5, 5.41) is 5.32. The third-order valence-corrected chi connectivity index (χ3v) is 5.75. The first-order valence-corrected chi connectivity index (χ1v) is 10.0. The van der Waals surface area contributed by atoms with Crippen LogP contribution in [-0.4, -0.2) is 32.3 Å². The van der Waals surface area contributed by atoms with Crippen LogP contribution in [0.1, 0.15) is 31.0 Å². The fourth-order valence-electron chi connectivity index (χ4n) is 4.04. The van der Waals surface area contributed by atoms with Crippen molar-refractivity contribution in [2.75, 3.05) is 6.54 Å². The van der Waals surface area contributed by atoms with Crippen LogP contribution >= 0.6 is 0 Å². The average Bonchev–Trinajstić information content (AvgIpc) is 3.45. The molecule has 0 aliphatic carbocycles. The molecular formula is C23H23FN4O. The first-order valence-electron chi connectivity index (χ1n) is 10.0. The number of aromatic nitrogens is 3. The van der Waals surface area contributed by atoms with Crippen molar-refractivity contribution in [2.45, 2.75) is 38.9 Å². The Morgan fingerprint density at radius 3 is 2.79 bits per heavy atom. The van der Waals surface area contributed by atoms with Crippen LogP contribution in [-0.2, 0) is 13.1 Å². The normalized spacial score (nSPS) is 17.4. The van der Waals surface area contributed by atoms with E-state index in [0.717, 1.165) is 40.8 Å². The molecule has 0 spiro atoms. The molecule has 3 heterocycles. The number of benzene rings is 2. The van der Waals surface area contributed by atoms with Crippen LogP contribution in [0.5, 0.6) is 0 Å². The second-order valence-electron chi connectivity index (χ2n) is 7.81. The number of nitrogens with zero attached hydrogens (tertiary/aromatic N) is 4. The molecule has 4 aromatic rings. The lowest BCUT2D eigenvalue weighted by Gasteiger charge is -2.18. The second kappa shape index (κ2) is 7.44. The smallest absolute Gasteiger partial charge is 0.226 e. The summed E-state index contributed by atoms with van der Waals surface area (Å²) in [6.45, 7) is 4.82. The van der Waals surface area contributed by atoms with Crippen molar-refractivity contribution in [2.24, 2.45) is 0 Å². The average molecular weight is 390 g/mol. The maximum absolute atomic E-state index is 13.6. The summed E-state index contributed by atoms with van der Waals surface area (Å²) < 4.78 is 21.1. The van der Waals surface area contributed by atoms with Crippen molar-refractivity contribution in [1.29, 1.82) is 0 Å². The second-order valence-corrected chi connectivity index (χ2v) is 7.81. The first kappa shape index (κ1) is 18.1. The van der Waals surface area contributed by atoms with Crippen LogP contribution in [0.3, 0.4) is 0 Å². The highest BCUT2D eigenvalue weighted by atomic mass is 19.1. The zero-order valence-corrected chi connectivity index (χ0v) is 16.4. The lowest BCUT2D eigenvalue weighted by Crippen LogP contribution is -2.26. The number of fused-ring (bicyclic) bond motifs is 1. The van der Waals surface area contributed by atoms with E-state index in [4.69, 9.17) is 4.42 Å². The van der Waals surface area contributed by atoms with Gasteiger partial charge in [-0.2, -0.15) is 5.10 Å². The fraction of sp³-hybridized carbons (Fsp3) is 0.304. The molecule has 0 bridgehead atoms. The molecule has 6 heteroatoms. The summed E-state index contributed by atoms with van der Waals surface area (Å²) in [6.07, 6.45) is 6.03. The molecule has 0 amide bonds. The monoisotopic (exact) mass is 390 g/mol. The predicted molar refractivity (Wildman–Crippen MR) is 110 cm³/mol. The van der Waals surface area contributed by atoms with Gasteiger partial charge in [-0.1, -0.05) is 12.1 Å². The van der Waals surface area contributed by atoms with Gasteiger partial charge in [0.25, 0.3) is 0 Å².